The molecule has 3 aromatic rings. The largest absolute Gasteiger partial charge is 0.444 e. The molecular formula is C35H51F3N6O3. The number of aromatic nitrogens is 4. The Morgan fingerprint density at radius 2 is 1.51 bits per heavy atom. The highest BCUT2D eigenvalue weighted by molar-refractivity contribution is 5.92. The maximum Gasteiger partial charge on any atom is 0.405 e. The molecule has 47 heavy (non-hydrogen) atoms. The monoisotopic (exact) mass is 660 g/mol. The fourth-order valence-electron chi connectivity index (χ4n) is 5.42. The molecule has 0 spiro atoms. The van der Waals surface area contributed by atoms with Gasteiger partial charge < -0.3 is 15.4 Å². The first-order valence-corrected chi connectivity index (χ1v) is 17.1. The lowest BCUT2D eigenvalue weighted by Gasteiger charge is -2.29. The quantitative estimate of drug-likeness (QED) is 0.0819. The molecule has 0 saturated heterocycles. The number of fused-ring (bicyclic) bond motifs is 1. The van der Waals surface area contributed by atoms with Crippen molar-refractivity contribution in [3.05, 3.63) is 36.8 Å². The summed E-state index contributed by atoms with van der Waals surface area (Å²) in [7, 11) is 0. The van der Waals surface area contributed by atoms with Gasteiger partial charge in [-0.25, -0.2) is 15.0 Å². The van der Waals surface area contributed by atoms with E-state index in [1.54, 1.807) is 36.0 Å². The lowest BCUT2D eigenvalue weighted by Crippen LogP contribution is -2.52. The van der Waals surface area contributed by atoms with Crippen LogP contribution in [-0.4, -0.2) is 49.7 Å². The molecule has 0 aromatic carbocycles. The summed E-state index contributed by atoms with van der Waals surface area (Å²) in [5, 5.41) is 5.65. The number of rotatable bonds is 22. The number of nitrogens with one attached hydrogen (secondary N) is 2. The Kier molecular flexibility index (Phi) is 15.4. The average Bonchev–Trinajstić information content (AvgIpc) is 3.43. The van der Waals surface area contributed by atoms with Crippen molar-refractivity contribution in [2.75, 3.05) is 11.9 Å². The third-order valence-electron chi connectivity index (χ3n) is 8.44. The molecular weight excluding hydrogens is 609 g/mol. The fourth-order valence-corrected chi connectivity index (χ4v) is 5.42. The number of alkyl halides is 3. The van der Waals surface area contributed by atoms with Crippen LogP contribution in [0.25, 0.3) is 22.4 Å². The van der Waals surface area contributed by atoms with Crippen LogP contribution >= 0.6 is 0 Å². The van der Waals surface area contributed by atoms with Crippen molar-refractivity contribution in [2.45, 2.75) is 136 Å². The first kappa shape index (κ1) is 37.8. The maximum atomic E-state index is 12.7. The summed E-state index contributed by atoms with van der Waals surface area (Å²) in [5.41, 5.74) is -0.124. The Labute approximate surface area is 276 Å². The van der Waals surface area contributed by atoms with Crippen LogP contribution in [-0.2, 0) is 21.1 Å². The average molecular weight is 661 g/mol. The number of nitrogens with zero attached hydrogens (tertiary/aromatic N) is 4. The SMILES string of the molecule is CCCCCCCCCCCCCCCC(=O)OCn1cc(-c2nccc(N[C@](C)(CC)C(=O)NCC(F)(F)F)n2)c2cccnc21. The van der Waals surface area contributed by atoms with E-state index in [-0.39, 0.29) is 24.9 Å². The molecule has 1 atom stereocenters. The highest BCUT2D eigenvalue weighted by Gasteiger charge is 2.35. The molecule has 9 nitrogen and oxygen atoms in total. The number of hydrogen-bond donors (Lipinski definition) is 2. The van der Waals surface area contributed by atoms with E-state index in [2.05, 4.69) is 27.2 Å². The second kappa shape index (κ2) is 19.2. The molecule has 0 aliphatic rings. The zero-order valence-corrected chi connectivity index (χ0v) is 28.1. The van der Waals surface area contributed by atoms with Gasteiger partial charge in [0, 0.05) is 36.0 Å². The number of carbonyl (C=O) groups excluding carboxylic acids is 2. The fraction of sp³-hybridized carbons (Fsp3) is 0.629. The normalized spacial score (nSPS) is 13.0. The topological polar surface area (TPSA) is 111 Å². The molecule has 0 aliphatic carbocycles. The van der Waals surface area contributed by atoms with Crippen molar-refractivity contribution in [1.82, 2.24) is 24.8 Å². The van der Waals surface area contributed by atoms with E-state index >= 15 is 0 Å². The maximum absolute atomic E-state index is 12.7. The third kappa shape index (κ3) is 12.8. The minimum absolute atomic E-state index is 0.0178. The van der Waals surface area contributed by atoms with E-state index in [9.17, 15) is 22.8 Å². The van der Waals surface area contributed by atoms with Crippen LogP contribution in [0, 0.1) is 0 Å². The molecule has 0 fully saturated rings. The van der Waals surface area contributed by atoms with Crippen LogP contribution in [0.5, 0.6) is 0 Å². The number of hydrogen-bond acceptors (Lipinski definition) is 7. The summed E-state index contributed by atoms with van der Waals surface area (Å²) in [6, 6.07) is 5.18. The standard InChI is InChI=1S/C35H51F3N6O3/c1-4-6-7-8-9-10-11-12-13-14-15-16-17-20-30(45)47-26-44-24-28(27-19-18-22-40-32(27)44)31-39-23-21-29(42-31)43-34(3,5-2)33(46)41-25-35(36,37)38/h18-19,21-24H,4-17,20,25-26H2,1-3H3,(H,41,46)(H,39,42,43)/t34-/m1/s1. The van der Waals surface area contributed by atoms with E-state index in [0.717, 1.165) is 24.6 Å². The van der Waals surface area contributed by atoms with Gasteiger partial charge in [-0.15, -0.1) is 0 Å². The summed E-state index contributed by atoms with van der Waals surface area (Å²) in [6.45, 7) is 4.02. The van der Waals surface area contributed by atoms with Gasteiger partial charge in [0.25, 0.3) is 0 Å². The Hall–Kier alpha value is -3.70. The summed E-state index contributed by atoms with van der Waals surface area (Å²) < 4.78 is 45.3. The number of pyridine rings is 1. The Morgan fingerprint density at radius 1 is 0.872 bits per heavy atom. The van der Waals surface area contributed by atoms with E-state index < -0.39 is 24.2 Å². The summed E-state index contributed by atoms with van der Waals surface area (Å²) in [6.07, 6.45) is 17.0. The molecule has 1 amide bonds. The van der Waals surface area contributed by atoms with E-state index in [1.807, 2.05) is 11.4 Å². The van der Waals surface area contributed by atoms with Crippen LogP contribution < -0.4 is 10.6 Å². The summed E-state index contributed by atoms with van der Waals surface area (Å²) >= 11 is 0. The highest BCUT2D eigenvalue weighted by atomic mass is 19.4. The second-order valence-electron chi connectivity index (χ2n) is 12.4. The van der Waals surface area contributed by atoms with Gasteiger partial charge in [0.2, 0.25) is 5.91 Å². The lowest BCUT2D eigenvalue weighted by atomic mass is 9.97. The van der Waals surface area contributed by atoms with Gasteiger partial charge in [-0.3, -0.25) is 14.2 Å². The number of unbranched alkanes of at least 4 members (excludes halogenated alkanes) is 12. The van der Waals surface area contributed by atoms with Crippen LogP contribution in [0.2, 0.25) is 0 Å². The van der Waals surface area contributed by atoms with Gasteiger partial charge in [-0.05, 0) is 38.0 Å². The molecule has 12 heteroatoms. The highest BCUT2D eigenvalue weighted by Crippen LogP contribution is 2.29. The summed E-state index contributed by atoms with van der Waals surface area (Å²) in [4.78, 5) is 38.5. The van der Waals surface area contributed by atoms with E-state index in [0.29, 0.717) is 23.5 Å². The van der Waals surface area contributed by atoms with Crippen molar-refractivity contribution in [3.63, 3.8) is 0 Å². The Morgan fingerprint density at radius 3 is 2.13 bits per heavy atom. The van der Waals surface area contributed by atoms with Crippen molar-refractivity contribution in [2.24, 2.45) is 0 Å². The van der Waals surface area contributed by atoms with E-state index in [4.69, 9.17) is 4.74 Å². The minimum Gasteiger partial charge on any atom is -0.444 e. The van der Waals surface area contributed by atoms with Gasteiger partial charge in [0.05, 0.1) is 0 Å². The van der Waals surface area contributed by atoms with Crippen LogP contribution in [0.3, 0.4) is 0 Å². The first-order valence-electron chi connectivity index (χ1n) is 17.1. The number of carbonyl (C=O) groups is 2. The zero-order chi connectivity index (χ0) is 34.1. The molecule has 0 bridgehead atoms. The van der Waals surface area contributed by atoms with Crippen molar-refractivity contribution in [3.8, 4) is 11.4 Å². The van der Waals surface area contributed by atoms with Gasteiger partial charge >= 0.3 is 12.1 Å². The molecule has 0 radical (unpaired) electrons. The van der Waals surface area contributed by atoms with E-state index in [1.165, 1.54) is 77.3 Å². The molecule has 0 saturated carbocycles. The van der Waals surface area contributed by atoms with Crippen LogP contribution in [0.15, 0.2) is 36.8 Å². The molecule has 260 valence electrons. The number of halogens is 3. The van der Waals surface area contributed by atoms with Gasteiger partial charge in [-0.2, -0.15) is 13.2 Å². The number of anilines is 1. The number of esters is 1. The lowest BCUT2D eigenvalue weighted by molar-refractivity contribution is -0.147. The van der Waals surface area contributed by atoms with Crippen molar-refractivity contribution >= 4 is 28.7 Å². The smallest absolute Gasteiger partial charge is 0.405 e. The zero-order valence-electron chi connectivity index (χ0n) is 28.1. The molecule has 3 rings (SSSR count). The Bertz CT molecular complexity index is 1400. The first-order chi connectivity index (χ1) is 22.6. The molecule has 3 heterocycles. The predicted octanol–water partition coefficient (Wildman–Crippen LogP) is 8.73. The Balaban J connectivity index is 1.50. The van der Waals surface area contributed by atoms with Crippen molar-refractivity contribution < 1.29 is 27.5 Å². The van der Waals surface area contributed by atoms with Crippen LogP contribution in [0.4, 0.5) is 19.0 Å². The van der Waals surface area contributed by atoms with Gasteiger partial charge in [0.1, 0.15) is 23.5 Å². The molecule has 0 aliphatic heterocycles. The predicted molar refractivity (Wildman–Crippen MR) is 179 cm³/mol. The van der Waals surface area contributed by atoms with Crippen LogP contribution in [0.1, 0.15) is 117 Å². The number of ether oxygens (including phenoxy) is 1. The second-order valence-corrected chi connectivity index (χ2v) is 12.4. The van der Waals surface area contributed by atoms with Gasteiger partial charge in [0.15, 0.2) is 12.6 Å². The molecule has 3 aromatic heterocycles. The minimum atomic E-state index is -4.52. The van der Waals surface area contributed by atoms with Gasteiger partial charge in [-0.1, -0.05) is 90.9 Å². The molecule has 0 unspecified atom stereocenters. The number of amides is 1. The van der Waals surface area contributed by atoms with Crippen molar-refractivity contribution in [1.29, 1.82) is 0 Å². The summed E-state index contributed by atoms with van der Waals surface area (Å²) in [5.74, 6) is -0.467. The third-order valence-corrected chi connectivity index (χ3v) is 8.44. The molecule has 2 N–H and O–H groups in total.